The number of allylic oxidation sites excluding steroid dienone is 2. The number of aliphatic carboxylic acids is 1. The smallest absolute Gasteiger partial charge is 0.303 e. The van der Waals surface area contributed by atoms with Gasteiger partial charge in [-0.05, 0) is 193 Å². The molecule has 0 radical (unpaired) electrons. The topological polar surface area (TPSA) is 674 Å². The summed E-state index contributed by atoms with van der Waals surface area (Å²) in [5.41, 5.74) is 15.0. The molecule has 43 nitrogen and oxygen atoms in total. The van der Waals surface area contributed by atoms with Gasteiger partial charge in [0.15, 0.2) is 40.5 Å². The molecule has 0 saturated carbocycles. The molecule has 0 fully saturated rings. The highest BCUT2D eigenvalue weighted by atomic mass is 16.4. The fraction of sp³-hybridized carbons (Fsp3) is 0.600. The number of phenolic OH excluding ortho intramolecular Hbond substituents is 1. The van der Waals surface area contributed by atoms with Crippen LogP contribution in [0.25, 0.3) is 10.9 Å². The van der Waals surface area contributed by atoms with Crippen molar-refractivity contribution < 1.29 is 111 Å². The van der Waals surface area contributed by atoms with Crippen LogP contribution in [0.2, 0.25) is 0 Å². The van der Waals surface area contributed by atoms with Crippen LogP contribution in [0.4, 0.5) is 0 Å². The maximum Gasteiger partial charge on any atom is 0.303 e. The van der Waals surface area contributed by atoms with Gasteiger partial charge in [0, 0.05) is 88.9 Å². The second-order valence-electron chi connectivity index (χ2n) is 39.9. The maximum atomic E-state index is 15.6. The first-order valence-electron chi connectivity index (χ1n) is 51.2. The monoisotopic (exact) mass is 2070 g/mol. The molecule has 5 rings (SSSR count). The second kappa shape index (κ2) is 64.1. The first-order chi connectivity index (χ1) is 69.8. The number of carbonyl (C=O) groups excluding carboxylic acids is 19. The number of amides is 10. The summed E-state index contributed by atoms with van der Waals surface area (Å²) in [5, 5.41) is 74.8. The number of aliphatic hydroxyl groups excluding tert-OH is 1. The molecule has 818 valence electrons. The van der Waals surface area contributed by atoms with Crippen molar-refractivity contribution in [1.82, 2.24) is 95.6 Å². The van der Waals surface area contributed by atoms with Gasteiger partial charge in [-0.1, -0.05) is 120 Å². The number of primary amides is 2. The molecule has 0 saturated heterocycles. The minimum atomic E-state index is -2.09. The number of aromatic hydroxyl groups is 1. The van der Waals surface area contributed by atoms with E-state index in [1.54, 1.807) is 102 Å². The lowest BCUT2D eigenvalue weighted by Gasteiger charge is -2.34. The average Bonchev–Trinajstić information content (AvgIpc) is 1.83. The predicted molar refractivity (Wildman–Crippen MR) is 555 cm³/mol. The molecule has 1 aromatic heterocycles. The Hall–Kier alpha value is -12.5. The highest BCUT2D eigenvalue weighted by Gasteiger charge is 2.44. The van der Waals surface area contributed by atoms with Gasteiger partial charge in [-0.2, -0.15) is 0 Å². The number of aliphatic hydroxyl groups is 1. The number of hydrazine groups is 1. The third-order valence-corrected chi connectivity index (χ3v) is 26.1. The lowest BCUT2D eigenvalue weighted by Crippen LogP contribution is -2.65. The SMILES string of the molecule is CC(=O)N[C@@H](CC(C)C)C(=O)N[C@H](C(=O)N[C@@H](Cc1ccccc1)C(=O)N[C@]1(C)CCCCCC/C=C/CCC[C@@](C)(C(=O)CN[C@@H](C)C(=O)CCN[C@@H](C)C(=O)CCN[C@@H](C)C(=O)CCN[C@@H](C)C(=O)CN[C@H](C)C(=O)N[C@H](C)C(N)=O)NC(=O)[C@H](CC(C)C)NC(=O)[C@H](CCC(N)=O)NCN[C@@H](C)C(=O)CC(=O)[C@H](Cc2c[nH]c3ccccc23)NN[C@@H](Cc2ccc(O)cc2)C(=O)C(=O)[C@H](CCC(=O)O)NC1=O)[C@@H](C)O. The number of carbonyl (C=O) groups is 20. The summed E-state index contributed by atoms with van der Waals surface area (Å²) in [7, 11) is 0. The number of benzene rings is 3. The van der Waals surface area contributed by atoms with E-state index in [-0.39, 0.29) is 157 Å². The van der Waals surface area contributed by atoms with Gasteiger partial charge in [-0.15, -0.1) is 0 Å². The summed E-state index contributed by atoms with van der Waals surface area (Å²) in [6.07, 6.45) is 3.14. The number of carboxylic acids is 1. The number of carboxylic acid groups (broad SMARTS) is 1. The van der Waals surface area contributed by atoms with Crippen molar-refractivity contribution in [2.75, 3.05) is 39.4 Å². The number of fused-ring (bicyclic) bond motifs is 1. The minimum Gasteiger partial charge on any atom is -0.508 e. The largest absolute Gasteiger partial charge is 0.508 e. The Morgan fingerprint density at radius 3 is 1.66 bits per heavy atom. The predicted octanol–water partition coefficient (Wildman–Crippen LogP) is 1.07. The molecule has 1 aliphatic rings. The molecule has 3 aromatic carbocycles. The standard InChI is InChI=1S/C105H160N20O23/c1-60(2)50-81(117-70(13)127)99(144)121-93(69(12)126)102(147)119-83(53-71-30-24-23-25-31-71)101(146)123-105(15)46-29-22-20-18-16-17-19-21-28-45-104(14,90(135)58-112-64(7)86(131)44-48-109-62(5)84(129)42-47-108-63(6)85(130)43-49-110-66(9)89(134)57-111-68(11)97(142)116-67(10)96(107)141)122-100(145)82(51-61(3)4)118-98(143)78(38-40-91(106)136)115-59-114-65(8)87(132)55-88(133)79(54-73-56-113-76-33-27-26-32-75(73)76)124-125-80(52-72-34-36-74(128)37-35-72)95(140)94(139)77(120-103(105)148)39-41-92(137)138/h17,19,23-27,30-37,56,60-69,77-83,93,108-115,124-126,128H,16,18,20-22,28-29,38-55,57-59H2,1-15H3,(H2,106,136)(H2,107,141)(H,116,142)(H,117,127)(H,118,143)(H,119,147)(H,120,148)(H,121,144)(H,122,145)(H,123,146)(H,137,138)/b19-17+/t62-,63-,64-,65-,66-,67+,68+,69+,77-,78-,79-,80-,81-,82-,83-,93-,104-,105+/m0/s1. The van der Waals surface area contributed by atoms with Gasteiger partial charge in [-0.25, -0.2) is 10.9 Å². The Bertz CT molecular complexity index is 5170. The minimum absolute atomic E-state index is 0.0339. The third-order valence-electron chi connectivity index (χ3n) is 26.1. The van der Waals surface area contributed by atoms with Gasteiger partial charge in [0.2, 0.25) is 70.6 Å². The first-order valence-corrected chi connectivity index (χ1v) is 51.2. The summed E-state index contributed by atoms with van der Waals surface area (Å²) in [5.74, 6) is -15.5. The van der Waals surface area contributed by atoms with Crippen molar-refractivity contribution in [2.24, 2.45) is 23.3 Å². The summed E-state index contributed by atoms with van der Waals surface area (Å²) in [6, 6.07) is 3.20. The lowest BCUT2D eigenvalue weighted by molar-refractivity contribution is -0.143. The molecule has 10 amide bonds. The number of nitrogens with two attached hydrogens (primary N) is 2. The molecule has 18 atom stereocenters. The average molecular weight is 2070 g/mol. The van der Waals surface area contributed by atoms with Crippen molar-refractivity contribution in [3.05, 3.63) is 114 Å². The van der Waals surface area contributed by atoms with Crippen molar-refractivity contribution in [3.8, 4) is 5.75 Å². The van der Waals surface area contributed by atoms with E-state index < -0.39 is 228 Å². The van der Waals surface area contributed by atoms with E-state index in [9.17, 15) is 87.2 Å². The molecule has 0 spiro atoms. The molecule has 4 aromatic rings. The summed E-state index contributed by atoms with van der Waals surface area (Å²) < 4.78 is 0. The highest BCUT2D eigenvalue weighted by molar-refractivity contribution is 6.41. The van der Waals surface area contributed by atoms with Crippen LogP contribution in [0.15, 0.2) is 97.2 Å². The number of Topliss-reactive ketones (excluding diaryl/α,β-unsaturated/α-hetero) is 9. The van der Waals surface area contributed by atoms with Gasteiger partial charge in [0.05, 0.1) is 91.6 Å². The van der Waals surface area contributed by atoms with E-state index in [1.165, 1.54) is 72.7 Å². The molecular weight excluding hydrogens is 1910 g/mol. The van der Waals surface area contributed by atoms with E-state index >= 15 is 24.0 Å². The van der Waals surface area contributed by atoms with E-state index in [0.29, 0.717) is 66.1 Å². The molecule has 0 unspecified atom stereocenters. The van der Waals surface area contributed by atoms with Gasteiger partial charge in [0.1, 0.15) is 41.5 Å². The highest BCUT2D eigenvalue weighted by Crippen LogP contribution is 2.25. The summed E-state index contributed by atoms with van der Waals surface area (Å²) in [6.45, 7) is 22.9. The van der Waals surface area contributed by atoms with E-state index in [0.717, 1.165) is 0 Å². The quantitative estimate of drug-likeness (QED) is 0.0167. The normalized spacial score (nSPS) is 21.7. The second-order valence-corrected chi connectivity index (χ2v) is 39.9. The Morgan fingerprint density at radius 2 is 1.07 bits per heavy atom. The fourth-order valence-corrected chi connectivity index (χ4v) is 16.5. The van der Waals surface area contributed by atoms with Crippen LogP contribution in [0.5, 0.6) is 5.75 Å². The Kier molecular flexibility index (Phi) is 54.5. The van der Waals surface area contributed by atoms with Crippen LogP contribution in [0.1, 0.15) is 243 Å². The van der Waals surface area contributed by atoms with Gasteiger partial charge < -0.3 is 95.6 Å². The number of para-hydroxylation sites is 1. The molecule has 148 heavy (non-hydrogen) atoms. The Labute approximate surface area is 865 Å². The van der Waals surface area contributed by atoms with E-state index in [4.69, 9.17) is 11.5 Å². The first kappa shape index (κ1) is 126. The van der Waals surface area contributed by atoms with Crippen molar-refractivity contribution >= 4 is 128 Å². The number of H-pyrrole nitrogens is 1. The number of ketones is 9. The third kappa shape index (κ3) is 44.9. The number of rotatable bonds is 50. The van der Waals surface area contributed by atoms with Gasteiger partial charge >= 0.3 is 5.97 Å². The van der Waals surface area contributed by atoms with Crippen molar-refractivity contribution in [1.29, 1.82) is 0 Å². The zero-order valence-corrected chi connectivity index (χ0v) is 88.1. The van der Waals surface area contributed by atoms with Crippen LogP contribution in [0.3, 0.4) is 0 Å². The Morgan fingerprint density at radius 1 is 0.500 bits per heavy atom. The number of aromatic nitrogens is 1. The van der Waals surface area contributed by atoms with Crippen LogP contribution in [-0.4, -0.2) is 285 Å². The molecule has 2 heterocycles. The van der Waals surface area contributed by atoms with Crippen LogP contribution in [-0.2, 0) is 115 Å². The zero-order chi connectivity index (χ0) is 110. The van der Waals surface area contributed by atoms with Gasteiger partial charge in [0.25, 0.3) is 0 Å². The number of aromatic amines is 1. The van der Waals surface area contributed by atoms with E-state index in [1.807, 2.05) is 26.0 Å². The number of hydrogen-bond donors (Lipinski definition) is 23. The zero-order valence-electron chi connectivity index (χ0n) is 88.1. The Balaban J connectivity index is 1.47. The summed E-state index contributed by atoms with van der Waals surface area (Å²) >= 11 is 0. The van der Waals surface area contributed by atoms with Gasteiger partial charge in [-0.3, -0.25) is 112 Å². The van der Waals surface area contributed by atoms with Crippen LogP contribution < -0.4 is 102 Å². The molecule has 0 bridgehead atoms. The molecule has 1 aliphatic heterocycles. The van der Waals surface area contributed by atoms with Crippen molar-refractivity contribution in [2.45, 2.75) is 353 Å². The van der Waals surface area contributed by atoms with Crippen LogP contribution >= 0.6 is 0 Å². The number of hydrogen-bond acceptors (Lipinski definition) is 31. The van der Waals surface area contributed by atoms with Crippen molar-refractivity contribution in [3.63, 3.8) is 0 Å². The number of phenols is 1. The molecule has 43 heteroatoms. The fourth-order valence-electron chi connectivity index (χ4n) is 16.5. The van der Waals surface area contributed by atoms with E-state index in [2.05, 4.69) is 95.6 Å². The summed E-state index contributed by atoms with van der Waals surface area (Å²) in [4.78, 5) is 281. The molecule has 0 aliphatic carbocycles. The maximum absolute atomic E-state index is 15.6. The molecular formula is C105H160N20O23. The lowest BCUT2D eigenvalue weighted by atomic mass is 9.88. The molecule has 25 N–H and O–H groups in total. The number of nitrogens with one attached hydrogen (secondary N) is 18. The van der Waals surface area contributed by atoms with Crippen LogP contribution in [0, 0.1) is 11.8 Å².